The van der Waals surface area contributed by atoms with Crippen LogP contribution in [0.3, 0.4) is 0 Å². The summed E-state index contributed by atoms with van der Waals surface area (Å²) < 4.78 is 0. The number of hydrogen-bond donors (Lipinski definition) is 2. The Hall–Kier alpha value is -1.10. The molecule has 5 heteroatoms. The van der Waals surface area contributed by atoms with E-state index in [2.05, 4.69) is 24.2 Å². The second kappa shape index (κ2) is 7.95. The van der Waals surface area contributed by atoms with Crippen LogP contribution in [0.4, 0.5) is 0 Å². The van der Waals surface area contributed by atoms with Crippen molar-refractivity contribution in [3.8, 4) is 0 Å². The van der Waals surface area contributed by atoms with Crippen LogP contribution in [0.5, 0.6) is 0 Å². The van der Waals surface area contributed by atoms with E-state index in [1.165, 1.54) is 0 Å². The number of hydrogen-bond acceptors (Lipinski definition) is 3. The summed E-state index contributed by atoms with van der Waals surface area (Å²) >= 11 is 0. The van der Waals surface area contributed by atoms with Crippen LogP contribution in [0.15, 0.2) is 0 Å². The van der Waals surface area contributed by atoms with Gasteiger partial charge in [-0.1, -0.05) is 19.8 Å². The van der Waals surface area contributed by atoms with Gasteiger partial charge < -0.3 is 15.3 Å². The first-order valence-electron chi connectivity index (χ1n) is 8.76. The highest BCUT2D eigenvalue weighted by molar-refractivity contribution is 5.81. The number of nitrogens with one attached hydrogen (secondary N) is 1. The van der Waals surface area contributed by atoms with E-state index in [4.69, 9.17) is 0 Å². The summed E-state index contributed by atoms with van der Waals surface area (Å²) in [6, 6.07) is 0.130. The molecule has 126 valence electrons. The molecule has 0 saturated heterocycles. The monoisotopic (exact) mass is 310 g/mol. The van der Waals surface area contributed by atoms with Crippen molar-refractivity contribution in [3.63, 3.8) is 0 Å². The second-order valence-corrected chi connectivity index (χ2v) is 6.99. The Bertz CT molecular complexity index is 395. The van der Waals surface area contributed by atoms with Gasteiger partial charge >= 0.3 is 5.97 Å². The maximum absolute atomic E-state index is 12.1. The van der Waals surface area contributed by atoms with Gasteiger partial charge in [-0.3, -0.25) is 9.59 Å². The average Bonchev–Trinajstić information content (AvgIpc) is 2.42. The summed E-state index contributed by atoms with van der Waals surface area (Å²) in [4.78, 5) is 26.0. The van der Waals surface area contributed by atoms with Gasteiger partial charge in [0.1, 0.15) is 0 Å². The number of nitrogens with zero attached hydrogens (tertiary/aromatic N) is 1. The van der Waals surface area contributed by atoms with Crippen LogP contribution in [-0.2, 0) is 9.59 Å². The lowest BCUT2D eigenvalue weighted by atomic mass is 9.79. The molecule has 0 spiro atoms. The third-order valence-corrected chi connectivity index (χ3v) is 5.43. The predicted molar refractivity (Wildman–Crippen MR) is 85.6 cm³/mol. The molecule has 0 aromatic heterocycles. The summed E-state index contributed by atoms with van der Waals surface area (Å²) in [6.45, 7) is 3.19. The lowest BCUT2D eigenvalue weighted by Crippen LogP contribution is -2.52. The van der Waals surface area contributed by atoms with E-state index in [9.17, 15) is 14.7 Å². The number of aliphatic carboxylic acids is 1. The first-order chi connectivity index (χ1) is 10.5. The fraction of sp³-hybridized carbons (Fsp3) is 0.882. The molecule has 3 unspecified atom stereocenters. The van der Waals surface area contributed by atoms with Gasteiger partial charge in [0.15, 0.2) is 0 Å². The molecule has 5 nitrogen and oxygen atoms in total. The Balaban J connectivity index is 1.90. The fourth-order valence-electron chi connectivity index (χ4n) is 3.56. The molecule has 2 rings (SSSR count). The molecule has 0 aromatic rings. The van der Waals surface area contributed by atoms with Gasteiger partial charge in [0, 0.05) is 18.0 Å². The molecule has 2 saturated carbocycles. The largest absolute Gasteiger partial charge is 0.481 e. The predicted octanol–water partition coefficient (Wildman–Crippen LogP) is 2.26. The lowest BCUT2D eigenvalue weighted by molar-refractivity contribution is -0.145. The van der Waals surface area contributed by atoms with E-state index in [0.717, 1.165) is 51.5 Å². The Morgan fingerprint density at radius 2 is 1.95 bits per heavy atom. The zero-order valence-corrected chi connectivity index (χ0v) is 13.9. The molecule has 0 heterocycles. The van der Waals surface area contributed by atoms with E-state index in [1.54, 1.807) is 0 Å². The van der Waals surface area contributed by atoms with Crippen LogP contribution in [-0.4, -0.2) is 47.6 Å². The summed E-state index contributed by atoms with van der Waals surface area (Å²) in [5.74, 6) is -1.03. The summed E-state index contributed by atoms with van der Waals surface area (Å²) in [5.41, 5.74) is 0. The minimum Gasteiger partial charge on any atom is -0.481 e. The Morgan fingerprint density at radius 1 is 1.23 bits per heavy atom. The van der Waals surface area contributed by atoms with Crippen molar-refractivity contribution in [1.29, 1.82) is 0 Å². The first kappa shape index (κ1) is 17.3. The molecule has 2 fully saturated rings. The molecule has 2 N–H and O–H groups in total. The standard InChI is InChI=1S/C17H30N2O3/c1-3-4-10-19(2)13-8-9-15(14(11-13)17(21)22)18-16(20)12-6-5-7-12/h12-15H,3-11H2,1-2H3,(H,18,20)(H,21,22). The van der Waals surface area contributed by atoms with Crippen LogP contribution in [0, 0.1) is 11.8 Å². The maximum atomic E-state index is 12.1. The SMILES string of the molecule is CCCCN(C)C1CCC(NC(=O)C2CCC2)C(C(=O)O)C1. The molecule has 2 aliphatic carbocycles. The molecule has 3 atom stereocenters. The minimum atomic E-state index is -0.771. The number of carboxylic acid groups (broad SMARTS) is 1. The fourth-order valence-corrected chi connectivity index (χ4v) is 3.56. The Morgan fingerprint density at radius 3 is 2.50 bits per heavy atom. The molecule has 0 aliphatic heterocycles. The maximum Gasteiger partial charge on any atom is 0.308 e. The van der Waals surface area contributed by atoms with Crippen molar-refractivity contribution in [3.05, 3.63) is 0 Å². The Labute approximate surface area is 133 Å². The topological polar surface area (TPSA) is 69.6 Å². The third-order valence-electron chi connectivity index (χ3n) is 5.43. The Kier molecular flexibility index (Phi) is 6.24. The van der Waals surface area contributed by atoms with E-state index < -0.39 is 11.9 Å². The van der Waals surface area contributed by atoms with E-state index in [-0.39, 0.29) is 17.9 Å². The highest BCUT2D eigenvalue weighted by atomic mass is 16.4. The molecular formula is C17H30N2O3. The van der Waals surface area contributed by atoms with E-state index in [0.29, 0.717) is 12.5 Å². The van der Waals surface area contributed by atoms with Crippen molar-refractivity contribution in [2.45, 2.75) is 70.4 Å². The molecule has 0 aromatic carbocycles. The third kappa shape index (κ3) is 4.22. The van der Waals surface area contributed by atoms with Crippen molar-refractivity contribution >= 4 is 11.9 Å². The van der Waals surface area contributed by atoms with Crippen LogP contribution in [0.1, 0.15) is 58.3 Å². The smallest absolute Gasteiger partial charge is 0.308 e. The lowest BCUT2D eigenvalue weighted by Gasteiger charge is -2.39. The minimum absolute atomic E-state index is 0.0697. The number of amides is 1. The van der Waals surface area contributed by atoms with Crippen LogP contribution in [0.2, 0.25) is 0 Å². The number of rotatable bonds is 7. The molecule has 2 aliphatic rings. The number of carbonyl (C=O) groups excluding carboxylic acids is 1. The van der Waals surface area contributed by atoms with Gasteiger partial charge in [0.25, 0.3) is 0 Å². The zero-order chi connectivity index (χ0) is 16.1. The van der Waals surface area contributed by atoms with Crippen molar-refractivity contribution in [2.75, 3.05) is 13.6 Å². The number of carbonyl (C=O) groups is 2. The highest BCUT2D eigenvalue weighted by Crippen LogP contribution is 2.31. The first-order valence-corrected chi connectivity index (χ1v) is 8.76. The van der Waals surface area contributed by atoms with Gasteiger partial charge in [0.2, 0.25) is 5.91 Å². The average molecular weight is 310 g/mol. The molecular weight excluding hydrogens is 280 g/mol. The second-order valence-electron chi connectivity index (χ2n) is 6.99. The van der Waals surface area contributed by atoms with E-state index >= 15 is 0 Å². The highest BCUT2D eigenvalue weighted by Gasteiger charge is 2.38. The normalized spacial score (nSPS) is 29.1. The van der Waals surface area contributed by atoms with Gasteiger partial charge in [-0.15, -0.1) is 0 Å². The summed E-state index contributed by atoms with van der Waals surface area (Å²) in [7, 11) is 2.09. The van der Waals surface area contributed by atoms with Crippen LogP contribution >= 0.6 is 0 Å². The molecule has 0 radical (unpaired) electrons. The van der Waals surface area contributed by atoms with Gasteiger partial charge in [0.05, 0.1) is 5.92 Å². The van der Waals surface area contributed by atoms with Gasteiger partial charge in [-0.25, -0.2) is 0 Å². The van der Waals surface area contributed by atoms with Crippen molar-refractivity contribution in [1.82, 2.24) is 10.2 Å². The van der Waals surface area contributed by atoms with Gasteiger partial charge in [-0.2, -0.15) is 0 Å². The number of carboxylic acids is 1. The van der Waals surface area contributed by atoms with Crippen LogP contribution in [0.25, 0.3) is 0 Å². The van der Waals surface area contributed by atoms with Crippen molar-refractivity contribution in [2.24, 2.45) is 11.8 Å². The number of unbranched alkanes of at least 4 members (excludes halogenated alkanes) is 1. The van der Waals surface area contributed by atoms with Crippen LogP contribution < -0.4 is 5.32 Å². The molecule has 0 bridgehead atoms. The molecule has 22 heavy (non-hydrogen) atoms. The van der Waals surface area contributed by atoms with Gasteiger partial charge in [-0.05, 0) is 52.1 Å². The van der Waals surface area contributed by atoms with E-state index in [1.807, 2.05) is 0 Å². The quantitative estimate of drug-likeness (QED) is 0.757. The zero-order valence-electron chi connectivity index (χ0n) is 13.9. The summed E-state index contributed by atoms with van der Waals surface area (Å²) in [6.07, 6.45) is 7.72. The summed E-state index contributed by atoms with van der Waals surface area (Å²) in [5, 5.41) is 12.6. The van der Waals surface area contributed by atoms with Crippen molar-refractivity contribution < 1.29 is 14.7 Å². The molecule has 1 amide bonds.